The van der Waals surface area contributed by atoms with E-state index in [1.54, 1.807) is 0 Å². The van der Waals surface area contributed by atoms with Crippen LogP contribution in [0, 0.1) is 11.8 Å². The van der Waals surface area contributed by atoms with Crippen LogP contribution in [-0.2, 0) is 4.74 Å². The average Bonchev–Trinajstić information content (AvgIpc) is 2.76. The highest BCUT2D eigenvalue weighted by Gasteiger charge is 2.33. The zero-order valence-corrected chi connectivity index (χ0v) is 8.84. The summed E-state index contributed by atoms with van der Waals surface area (Å²) >= 11 is 0. The first-order chi connectivity index (χ1) is 5.65. The number of hydrogen-bond acceptors (Lipinski definition) is 1. The first kappa shape index (κ1) is 10.0. The van der Waals surface area contributed by atoms with Gasteiger partial charge >= 0.3 is 0 Å². The molecule has 0 spiro atoms. The fourth-order valence-electron chi connectivity index (χ4n) is 1.65. The number of hydrogen-bond donors (Lipinski definition) is 0. The lowest BCUT2D eigenvalue weighted by atomic mass is 9.89. The molecule has 0 aliphatic carbocycles. The molecule has 0 saturated carbocycles. The first-order valence-electron chi connectivity index (χ1n) is 5.30. The maximum absolute atomic E-state index is 5.38. The summed E-state index contributed by atoms with van der Waals surface area (Å²) in [6.07, 6.45) is 5.06. The summed E-state index contributed by atoms with van der Waals surface area (Å²) in [5.74, 6) is 1.74. The summed E-state index contributed by atoms with van der Waals surface area (Å²) in [6.45, 7) is 9.15. The lowest BCUT2D eigenvalue weighted by molar-refractivity contribution is 0.314. The zero-order chi connectivity index (χ0) is 9.14. The minimum atomic E-state index is 0.550. The van der Waals surface area contributed by atoms with Gasteiger partial charge in [-0.15, -0.1) is 0 Å². The van der Waals surface area contributed by atoms with Crippen molar-refractivity contribution in [1.29, 1.82) is 0 Å². The van der Waals surface area contributed by atoms with Crippen molar-refractivity contribution < 1.29 is 4.74 Å². The minimum absolute atomic E-state index is 0.550. The van der Waals surface area contributed by atoms with Crippen LogP contribution in [0.5, 0.6) is 0 Å². The van der Waals surface area contributed by atoms with Gasteiger partial charge < -0.3 is 4.74 Å². The Labute approximate surface area is 76.5 Å². The van der Waals surface area contributed by atoms with Crippen LogP contribution in [0.1, 0.15) is 47.0 Å². The predicted octanol–water partition coefficient (Wildman–Crippen LogP) is 3.24. The van der Waals surface area contributed by atoms with Crippen molar-refractivity contribution in [3.05, 3.63) is 0 Å². The van der Waals surface area contributed by atoms with E-state index >= 15 is 0 Å². The van der Waals surface area contributed by atoms with Gasteiger partial charge in [0.25, 0.3) is 0 Å². The third kappa shape index (κ3) is 2.78. The molecule has 1 saturated heterocycles. The van der Waals surface area contributed by atoms with Crippen LogP contribution in [-0.4, -0.2) is 12.2 Å². The Morgan fingerprint density at radius 3 is 2.25 bits per heavy atom. The van der Waals surface area contributed by atoms with Gasteiger partial charge in [0.2, 0.25) is 0 Å². The van der Waals surface area contributed by atoms with Crippen molar-refractivity contribution in [2.45, 2.75) is 59.2 Å². The van der Waals surface area contributed by atoms with E-state index in [4.69, 9.17) is 4.74 Å². The van der Waals surface area contributed by atoms with Gasteiger partial charge in [-0.25, -0.2) is 0 Å². The van der Waals surface area contributed by atoms with Gasteiger partial charge in [-0.3, -0.25) is 0 Å². The van der Waals surface area contributed by atoms with Crippen LogP contribution < -0.4 is 0 Å². The molecule has 4 unspecified atom stereocenters. The molecule has 1 nitrogen and oxygen atoms in total. The Balaban J connectivity index is 2.05. The minimum Gasteiger partial charge on any atom is -0.370 e. The van der Waals surface area contributed by atoms with E-state index in [0.29, 0.717) is 12.2 Å². The van der Waals surface area contributed by atoms with Crippen molar-refractivity contribution in [3.8, 4) is 0 Å². The van der Waals surface area contributed by atoms with Crippen molar-refractivity contribution in [2.75, 3.05) is 0 Å². The van der Waals surface area contributed by atoms with Gasteiger partial charge in [0.15, 0.2) is 0 Å². The molecule has 0 bridgehead atoms. The molecular formula is C11H22O. The van der Waals surface area contributed by atoms with Gasteiger partial charge in [0, 0.05) is 0 Å². The van der Waals surface area contributed by atoms with Gasteiger partial charge in [0.05, 0.1) is 12.2 Å². The lowest BCUT2D eigenvalue weighted by Crippen LogP contribution is -2.08. The summed E-state index contributed by atoms with van der Waals surface area (Å²) in [5.41, 5.74) is 0. The molecule has 1 heterocycles. The largest absolute Gasteiger partial charge is 0.370 e. The Morgan fingerprint density at radius 1 is 1.25 bits per heavy atom. The van der Waals surface area contributed by atoms with E-state index in [1.165, 1.54) is 19.3 Å². The second-order valence-corrected chi connectivity index (χ2v) is 4.32. The molecule has 1 heteroatoms. The maximum Gasteiger partial charge on any atom is 0.0839 e. The molecule has 0 amide bonds. The molecule has 0 aromatic heterocycles. The third-order valence-corrected chi connectivity index (χ3v) is 3.36. The van der Waals surface area contributed by atoms with Gasteiger partial charge in [-0.1, -0.05) is 27.2 Å². The average molecular weight is 170 g/mol. The highest BCUT2D eigenvalue weighted by Crippen LogP contribution is 2.29. The Bertz CT molecular complexity index is 133. The molecule has 1 aliphatic heterocycles. The van der Waals surface area contributed by atoms with E-state index in [9.17, 15) is 0 Å². The highest BCUT2D eigenvalue weighted by molar-refractivity contribution is 4.80. The first-order valence-corrected chi connectivity index (χ1v) is 5.30. The summed E-state index contributed by atoms with van der Waals surface area (Å²) < 4.78 is 5.38. The smallest absolute Gasteiger partial charge is 0.0839 e. The molecule has 72 valence electrons. The highest BCUT2D eigenvalue weighted by atomic mass is 16.6. The topological polar surface area (TPSA) is 12.5 Å². The van der Waals surface area contributed by atoms with Crippen LogP contribution in [0.15, 0.2) is 0 Å². The molecule has 12 heavy (non-hydrogen) atoms. The van der Waals surface area contributed by atoms with E-state index in [2.05, 4.69) is 27.7 Å². The summed E-state index contributed by atoms with van der Waals surface area (Å²) in [7, 11) is 0. The number of ether oxygens (including phenoxy) is 1. The van der Waals surface area contributed by atoms with Crippen LogP contribution in [0.2, 0.25) is 0 Å². The molecule has 1 rings (SSSR count). The van der Waals surface area contributed by atoms with E-state index in [-0.39, 0.29) is 0 Å². The third-order valence-electron chi connectivity index (χ3n) is 3.36. The van der Waals surface area contributed by atoms with E-state index in [0.717, 1.165) is 11.8 Å². The Kier molecular flexibility index (Phi) is 3.57. The number of rotatable bonds is 5. The van der Waals surface area contributed by atoms with Crippen LogP contribution in [0.25, 0.3) is 0 Å². The predicted molar refractivity (Wildman–Crippen MR) is 52.2 cm³/mol. The van der Waals surface area contributed by atoms with E-state index < -0.39 is 0 Å². The number of epoxide rings is 1. The molecule has 1 fully saturated rings. The normalized spacial score (nSPS) is 33.0. The van der Waals surface area contributed by atoms with Crippen molar-refractivity contribution in [1.82, 2.24) is 0 Å². The maximum atomic E-state index is 5.38. The summed E-state index contributed by atoms with van der Waals surface area (Å²) in [4.78, 5) is 0. The quantitative estimate of drug-likeness (QED) is 0.577. The van der Waals surface area contributed by atoms with Crippen LogP contribution in [0.3, 0.4) is 0 Å². The monoisotopic (exact) mass is 170 g/mol. The van der Waals surface area contributed by atoms with E-state index in [1.807, 2.05) is 0 Å². The SMILES string of the molecule is CCC(C)C(C)CCC1OC1C. The second kappa shape index (κ2) is 4.27. The fraction of sp³-hybridized carbons (Fsp3) is 1.00. The zero-order valence-electron chi connectivity index (χ0n) is 8.84. The van der Waals surface area contributed by atoms with Crippen molar-refractivity contribution in [2.24, 2.45) is 11.8 Å². The fourth-order valence-corrected chi connectivity index (χ4v) is 1.65. The Morgan fingerprint density at radius 2 is 1.83 bits per heavy atom. The lowest BCUT2D eigenvalue weighted by Gasteiger charge is -2.17. The van der Waals surface area contributed by atoms with Crippen LogP contribution >= 0.6 is 0 Å². The molecule has 0 N–H and O–H groups in total. The van der Waals surface area contributed by atoms with Crippen molar-refractivity contribution >= 4 is 0 Å². The molecular weight excluding hydrogens is 148 g/mol. The van der Waals surface area contributed by atoms with Gasteiger partial charge in [-0.2, -0.15) is 0 Å². The second-order valence-electron chi connectivity index (χ2n) is 4.32. The van der Waals surface area contributed by atoms with Gasteiger partial charge in [-0.05, 0) is 31.6 Å². The van der Waals surface area contributed by atoms with Crippen LogP contribution in [0.4, 0.5) is 0 Å². The molecule has 0 radical (unpaired) electrons. The molecule has 0 aromatic carbocycles. The molecule has 1 aliphatic rings. The summed E-state index contributed by atoms with van der Waals surface area (Å²) in [6, 6.07) is 0. The van der Waals surface area contributed by atoms with Gasteiger partial charge in [0.1, 0.15) is 0 Å². The summed E-state index contributed by atoms with van der Waals surface area (Å²) in [5, 5.41) is 0. The Hall–Kier alpha value is -0.0400. The van der Waals surface area contributed by atoms with Crippen molar-refractivity contribution in [3.63, 3.8) is 0 Å². The standard InChI is InChI=1S/C11H22O/c1-5-8(2)9(3)6-7-11-10(4)12-11/h8-11H,5-7H2,1-4H3. The molecule has 4 atom stereocenters. The molecule has 0 aromatic rings.